The molecule has 3 nitrogen and oxygen atoms in total. The Bertz CT molecular complexity index is 126. The molecule has 0 aromatic rings. The summed E-state index contributed by atoms with van der Waals surface area (Å²) in [6.45, 7) is 7.30. The Morgan fingerprint density at radius 1 is 0.929 bits per heavy atom. The van der Waals surface area contributed by atoms with Crippen LogP contribution >= 0.6 is 0 Å². The summed E-state index contributed by atoms with van der Waals surface area (Å²) < 4.78 is 0. The Labute approximate surface area is 87.5 Å². The lowest BCUT2D eigenvalue weighted by atomic mass is 9.96. The van der Waals surface area contributed by atoms with Gasteiger partial charge in [0.25, 0.3) is 0 Å². The number of nitrogens with one attached hydrogen (secondary N) is 1. The normalized spacial score (nSPS) is 15.9. The quantitative estimate of drug-likeness (QED) is 0.554. The average Bonchev–Trinajstić information content (AvgIpc) is 2.19. The highest BCUT2D eigenvalue weighted by Gasteiger charge is 2.14. The van der Waals surface area contributed by atoms with E-state index in [2.05, 4.69) is 19.2 Å². The number of hydrogen-bond acceptors (Lipinski definition) is 3. The molecular formula is C11H25NO2. The first kappa shape index (κ1) is 13.9. The van der Waals surface area contributed by atoms with Crippen LogP contribution < -0.4 is 5.32 Å². The summed E-state index contributed by atoms with van der Waals surface area (Å²) in [5.41, 5.74) is 0. The molecule has 0 rings (SSSR count). The van der Waals surface area contributed by atoms with Crippen molar-refractivity contribution in [2.45, 2.75) is 52.2 Å². The molecule has 0 aliphatic rings. The first-order valence-corrected chi connectivity index (χ1v) is 5.72. The zero-order valence-electron chi connectivity index (χ0n) is 9.66. The number of aliphatic hydroxyl groups is 2. The summed E-state index contributed by atoms with van der Waals surface area (Å²) in [6.07, 6.45) is 2.21. The highest BCUT2D eigenvalue weighted by atomic mass is 16.3. The Balaban J connectivity index is 3.56. The molecule has 0 bridgehead atoms. The summed E-state index contributed by atoms with van der Waals surface area (Å²) in [6, 6.07) is 0. The van der Waals surface area contributed by atoms with E-state index in [4.69, 9.17) is 0 Å². The van der Waals surface area contributed by atoms with E-state index in [-0.39, 0.29) is 12.2 Å². The van der Waals surface area contributed by atoms with E-state index < -0.39 is 0 Å². The van der Waals surface area contributed by atoms with Crippen LogP contribution in [0.25, 0.3) is 0 Å². The first-order chi connectivity index (χ1) is 6.65. The Morgan fingerprint density at radius 3 is 1.93 bits per heavy atom. The number of aliphatic hydroxyl groups excluding tert-OH is 2. The van der Waals surface area contributed by atoms with Gasteiger partial charge in [-0.15, -0.1) is 0 Å². The second-order valence-electron chi connectivity index (χ2n) is 3.86. The molecule has 0 aromatic heterocycles. The average molecular weight is 203 g/mol. The van der Waals surface area contributed by atoms with E-state index in [0.29, 0.717) is 19.0 Å². The second-order valence-corrected chi connectivity index (χ2v) is 3.86. The molecule has 2 unspecified atom stereocenters. The fraction of sp³-hybridized carbons (Fsp3) is 1.00. The van der Waals surface area contributed by atoms with Crippen molar-refractivity contribution in [1.82, 2.24) is 5.32 Å². The molecule has 0 aliphatic heterocycles. The summed E-state index contributed by atoms with van der Waals surface area (Å²) in [5, 5.41) is 22.1. The van der Waals surface area contributed by atoms with Gasteiger partial charge in [-0.25, -0.2) is 0 Å². The molecule has 0 amide bonds. The monoisotopic (exact) mass is 203 g/mol. The molecule has 3 N–H and O–H groups in total. The molecular weight excluding hydrogens is 178 g/mol. The Morgan fingerprint density at radius 2 is 1.50 bits per heavy atom. The summed E-state index contributed by atoms with van der Waals surface area (Å²) in [7, 11) is 0. The van der Waals surface area contributed by atoms with Crippen LogP contribution in [0.5, 0.6) is 0 Å². The smallest absolute Gasteiger partial charge is 0.0692 e. The molecule has 0 aliphatic carbocycles. The Hall–Kier alpha value is -0.120. The summed E-state index contributed by atoms with van der Waals surface area (Å²) in [4.78, 5) is 0. The predicted molar refractivity (Wildman–Crippen MR) is 59.2 cm³/mol. The van der Waals surface area contributed by atoms with Crippen LogP contribution in [-0.2, 0) is 0 Å². The van der Waals surface area contributed by atoms with E-state index in [9.17, 15) is 10.2 Å². The van der Waals surface area contributed by atoms with Crippen LogP contribution in [0.3, 0.4) is 0 Å². The van der Waals surface area contributed by atoms with Crippen LogP contribution in [0, 0.1) is 5.92 Å². The zero-order chi connectivity index (χ0) is 11.0. The van der Waals surface area contributed by atoms with Crippen LogP contribution in [0.2, 0.25) is 0 Å². The zero-order valence-corrected chi connectivity index (χ0v) is 9.66. The van der Waals surface area contributed by atoms with E-state index in [1.807, 2.05) is 6.92 Å². The number of rotatable bonds is 8. The lowest BCUT2D eigenvalue weighted by Gasteiger charge is -2.21. The van der Waals surface area contributed by atoms with Crippen molar-refractivity contribution < 1.29 is 10.2 Å². The highest BCUT2D eigenvalue weighted by molar-refractivity contribution is 4.69. The third-order valence-electron chi connectivity index (χ3n) is 2.80. The van der Waals surface area contributed by atoms with Crippen molar-refractivity contribution in [3.63, 3.8) is 0 Å². The van der Waals surface area contributed by atoms with Gasteiger partial charge in [-0.05, 0) is 12.3 Å². The molecule has 0 saturated carbocycles. The van der Waals surface area contributed by atoms with Gasteiger partial charge in [0.15, 0.2) is 0 Å². The molecule has 0 fully saturated rings. The van der Waals surface area contributed by atoms with E-state index in [1.54, 1.807) is 0 Å². The van der Waals surface area contributed by atoms with Gasteiger partial charge in [0.05, 0.1) is 12.2 Å². The fourth-order valence-corrected chi connectivity index (χ4v) is 1.54. The van der Waals surface area contributed by atoms with Gasteiger partial charge in [-0.2, -0.15) is 0 Å². The van der Waals surface area contributed by atoms with Crippen molar-refractivity contribution in [3.05, 3.63) is 0 Å². The first-order valence-electron chi connectivity index (χ1n) is 5.72. The lowest BCUT2D eigenvalue weighted by molar-refractivity contribution is 0.0941. The van der Waals surface area contributed by atoms with Gasteiger partial charge in [0, 0.05) is 13.1 Å². The van der Waals surface area contributed by atoms with Gasteiger partial charge in [-0.1, -0.05) is 33.6 Å². The van der Waals surface area contributed by atoms with Gasteiger partial charge >= 0.3 is 0 Å². The predicted octanol–water partition coefficient (Wildman–Crippen LogP) is 1.14. The molecule has 0 spiro atoms. The molecule has 0 saturated heterocycles. The van der Waals surface area contributed by atoms with Crippen molar-refractivity contribution >= 4 is 0 Å². The third kappa shape index (κ3) is 5.58. The van der Waals surface area contributed by atoms with Crippen LogP contribution in [0.4, 0.5) is 0 Å². The van der Waals surface area contributed by atoms with Crippen molar-refractivity contribution in [2.75, 3.05) is 13.1 Å². The molecule has 3 heteroatoms. The van der Waals surface area contributed by atoms with E-state index >= 15 is 0 Å². The minimum absolute atomic E-state index is 0.283. The Kier molecular flexibility index (Phi) is 8.14. The van der Waals surface area contributed by atoms with Gasteiger partial charge in [0.1, 0.15) is 0 Å². The lowest BCUT2D eigenvalue weighted by Crippen LogP contribution is -2.36. The van der Waals surface area contributed by atoms with Crippen molar-refractivity contribution in [1.29, 1.82) is 0 Å². The largest absolute Gasteiger partial charge is 0.392 e. The standard InChI is InChI=1S/C11H25NO2/c1-4-9(5-2)11(14)8-12-7-10(13)6-3/h9-14H,4-8H2,1-3H3. The molecule has 0 heterocycles. The minimum Gasteiger partial charge on any atom is -0.392 e. The fourth-order valence-electron chi connectivity index (χ4n) is 1.54. The van der Waals surface area contributed by atoms with Gasteiger partial charge in [0.2, 0.25) is 0 Å². The van der Waals surface area contributed by atoms with Gasteiger partial charge < -0.3 is 15.5 Å². The van der Waals surface area contributed by atoms with Crippen molar-refractivity contribution in [2.24, 2.45) is 5.92 Å². The SMILES string of the molecule is CCC(O)CNCC(O)C(CC)CC. The van der Waals surface area contributed by atoms with Gasteiger partial charge in [-0.3, -0.25) is 0 Å². The molecule has 0 radical (unpaired) electrons. The summed E-state index contributed by atoms with van der Waals surface area (Å²) in [5.74, 6) is 0.376. The van der Waals surface area contributed by atoms with E-state index in [0.717, 1.165) is 19.3 Å². The summed E-state index contributed by atoms with van der Waals surface area (Å²) >= 11 is 0. The minimum atomic E-state index is -0.288. The van der Waals surface area contributed by atoms with E-state index in [1.165, 1.54) is 0 Å². The third-order valence-corrected chi connectivity index (χ3v) is 2.80. The van der Waals surface area contributed by atoms with Crippen LogP contribution in [0.15, 0.2) is 0 Å². The maximum atomic E-state index is 9.75. The maximum Gasteiger partial charge on any atom is 0.0692 e. The van der Waals surface area contributed by atoms with Crippen LogP contribution in [-0.4, -0.2) is 35.5 Å². The maximum absolute atomic E-state index is 9.75. The molecule has 86 valence electrons. The number of hydrogen-bond donors (Lipinski definition) is 3. The molecule has 14 heavy (non-hydrogen) atoms. The highest BCUT2D eigenvalue weighted by Crippen LogP contribution is 2.12. The van der Waals surface area contributed by atoms with Crippen LogP contribution in [0.1, 0.15) is 40.0 Å². The van der Waals surface area contributed by atoms with Crippen molar-refractivity contribution in [3.8, 4) is 0 Å². The second kappa shape index (κ2) is 8.21. The molecule has 2 atom stereocenters. The topological polar surface area (TPSA) is 52.5 Å². The molecule has 0 aromatic carbocycles.